The van der Waals surface area contributed by atoms with Crippen molar-refractivity contribution in [2.75, 3.05) is 4.90 Å². The summed E-state index contributed by atoms with van der Waals surface area (Å²) in [5, 5.41) is 2.56. The normalized spacial score (nSPS) is 14.3. The highest BCUT2D eigenvalue weighted by Crippen LogP contribution is 2.53. The van der Waals surface area contributed by atoms with Gasteiger partial charge in [-0.1, -0.05) is 157 Å². The molecule has 0 radical (unpaired) electrons. The highest BCUT2D eigenvalue weighted by Gasteiger charge is 2.39. The standard InChI is InChI=1S/C54H51BN2S/c1-33(2)36-29-42(34(3)4)53(43(30-36)35(5)6)55-47-27-25-37(31-44(47)41-19-11-16-24-52(41)58-55)57-50-23-15-12-20-45(50)54(7,8)46-32-38(26-28-51(46)57)56-48-21-13-9-17-39(48)40-18-10-14-22-49(40)56/h9-35H,1-8H3. The molecule has 0 aliphatic carbocycles. The molecule has 10 rings (SSSR count). The second-order valence-corrected chi connectivity index (χ2v) is 19.0. The third-order valence-corrected chi connectivity index (χ3v) is 14.3. The summed E-state index contributed by atoms with van der Waals surface area (Å²) < 4.78 is 2.45. The number of hydrogen-bond donors (Lipinski definition) is 0. The highest BCUT2D eigenvalue weighted by molar-refractivity contribution is 8.28. The van der Waals surface area contributed by atoms with Gasteiger partial charge < -0.3 is 9.47 Å². The molecule has 286 valence electrons. The molecule has 3 heterocycles. The number of benzene rings is 7. The largest absolute Gasteiger partial charge is 0.310 e. The van der Waals surface area contributed by atoms with Crippen LogP contribution in [-0.4, -0.2) is 10.6 Å². The molecule has 0 saturated carbocycles. The smallest absolute Gasteiger partial charge is 0.282 e. The number of fused-ring (bicyclic) bond motifs is 8. The Kier molecular flexibility index (Phi) is 8.80. The molecule has 2 nitrogen and oxygen atoms in total. The van der Waals surface area contributed by atoms with Crippen molar-refractivity contribution >= 4 is 67.4 Å². The van der Waals surface area contributed by atoms with Crippen LogP contribution >= 0.6 is 11.6 Å². The molecular weight excluding hydrogens is 719 g/mol. The van der Waals surface area contributed by atoms with Crippen molar-refractivity contribution in [1.29, 1.82) is 0 Å². The first-order valence-electron chi connectivity index (χ1n) is 21.1. The van der Waals surface area contributed by atoms with Gasteiger partial charge in [0.1, 0.15) is 0 Å². The number of hydrogen-bond acceptors (Lipinski definition) is 2. The molecule has 1 aromatic heterocycles. The average molecular weight is 771 g/mol. The van der Waals surface area contributed by atoms with Crippen LogP contribution in [0.3, 0.4) is 0 Å². The van der Waals surface area contributed by atoms with E-state index < -0.39 is 0 Å². The monoisotopic (exact) mass is 770 g/mol. The lowest BCUT2D eigenvalue weighted by Crippen LogP contribution is -2.46. The Bertz CT molecular complexity index is 2830. The highest BCUT2D eigenvalue weighted by atomic mass is 32.2. The predicted octanol–water partition coefficient (Wildman–Crippen LogP) is 14.1. The van der Waals surface area contributed by atoms with Crippen LogP contribution in [0, 0.1) is 0 Å². The van der Waals surface area contributed by atoms with E-state index in [4.69, 9.17) is 0 Å². The van der Waals surface area contributed by atoms with E-state index in [0.717, 1.165) is 0 Å². The van der Waals surface area contributed by atoms with Gasteiger partial charge in [-0.05, 0) is 111 Å². The lowest BCUT2D eigenvalue weighted by Gasteiger charge is -2.42. The van der Waals surface area contributed by atoms with Crippen molar-refractivity contribution in [3.05, 3.63) is 173 Å². The Morgan fingerprint density at radius 3 is 1.78 bits per heavy atom. The first-order chi connectivity index (χ1) is 28.0. The molecule has 0 saturated heterocycles. The van der Waals surface area contributed by atoms with Gasteiger partial charge in [-0.2, -0.15) is 11.6 Å². The zero-order chi connectivity index (χ0) is 40.0. The van der Waals surface area contributed by atoms with Gasteiger partial charge >= 0.3 is 0 Å². The van der Waals surface area contributed by atoms with E-state index in [0.29, 0.717) is 17.8 Å². The minimum Gasteiger partial charge on any atom is -0.310 e. The average Bonchev–Trinajstić information content (AvgIpc) is 3.57. The Morgan fingerprint density at radius 2 is 1.10 bits per heavy atom. The van der Waals surface area contributed by atoms with E-state index in [1.54, 1.807) is 0 Å². The molecule has 7 aromatic carbocycles. The summed E-state index contributed by atoms with van der Waals surface area (Å²) in [6.45, 7) is 18.9. The number of rotatable bonds is 6. The maximum absolute atomic E-state index is 2.53. The van der Waals surface area contributed by atoms with Crippen molar-refractivity contribution in [3.8, 4) is 16.8 Å². The van der Waals surface area contributed by atoms with E-state index >= 15 is 0 Å². The molecule has 0 spiro atoms. The summed E-state index contributed by atoms with van der Waals surface area (Å²) in [6.07, 6.45) is 0. The van der Waals surface area contributed by atoms with Gasteiger partial charge in [-0.25, -0.2) is 0 Å². The van der Waals surface area contributed by atoms with Gasteiger partial charge in [-0.15, -0.1) is 0 Å². The van der Waals surface area contributed by atoms with Gasteiger partial charge in [0.25, 0.3) is 5.99 Å². The van der Waals surface area contributed by atoms with E-state index in [1.165, 1.54) is 99.3 Å². The molecule has 4 heteroatoms. The van der Waals surface area contributed by atoms with Gasteiger partial charge in [0.05, 0.1) is 22.4 Å². The minimum absolute atomic E-state index is 0.198. The molecular formula is C54H51BN2S. The van der Waals surface area contributed by atoms with Crippen LogP contribution in [0.4, 0.5) is 17.1 Å². The first-order valence-corrected chi connectivity index (χ1v) is 22.0. The van der Waals surface area contributed by atoms with Crippen LogP contribution in [0.5, 0.6) is 0 Å². The molecule has 0 fully saturated rings. The van der Waals surface area contributed by atoms with Crippen LogP contribution in [0.25, 0.3) is 38.6 Å². The molecule has 0 bridgehead atoms. The number of aromatic nitrogens is 1. The number of nitrogens with zero attached hydrogens (tertiary/aromatic N) is 2. The lowest BCUT2D eigenvalue weighted by molar-refractivity contribution is 0.631. The SMILES string of the molecule is CC(C)c1cc(C(C)C)c(B2Sc3ccccc3-c3cc(N4c5ccccc5C(C)(C)c5cc(-n6c7ccccc7c7ccccc76)ccc54)ccc32)c(C(C)C)c1. The molecule has 2 aliphatic heterocycles. The van der Waals surface area contributed by atoms with Crippen LogP contribution in [0.15, 0.2) is 150 Å². The van der Waals surface area contributed by atoms with E-state index in [9.17, 15) is 0 Å². The maximum atomic E-state index is 2.53. The topological polar surface area (TPSA) is 8.17 Å². The van der Waals surface area contributed by atoms with Gasteiger partial charge in [0, 0.05) is 32.5 Å². The van der Waals surface area contributed by atoms with E-state index in [2.05, 4.69) is 210 Å². The Labute approximate surface area is 348 Å². The summed E-state index contributed by atoms with van der Waals surface area (Å²) in [5.41, 5.74) is 19.7. The molecule has 0 atom stereocenters. The Morgan fingerprint density at radius 1 is 0.517 bits per heavy atom. The van der Waals surface area contributed by atoms with Gasteiger partial charge in [0.15, 0.2) is 0 Å². The zero-order valence-electron chi connectivity index (χ0n) is 35.0. The summed E-state index contributed by atoms with van der Waals surface area (Å²) in [4.78, 5) is 3.88. The fourth-order valence-corrected chi connectivity index (χ4v) is 11.4. The van der Waals surface area contributed by atoms with Crippen LogP contribution < -0.4 is 15.8 Å². The summed E-state index contributed by atoms with van der Waals surface area (Å²) >= 11 is 2.03. The molecule has 0 unspecified atom stereocenters. The fourth-order valence-electron chi connectivity index (χ4n) is 9.97. The molecule has 58 heavy (non-hydrogen) atoms. The number of anilines is 3. The van der Waals surface area contributed by atoms with Crippen molar-refractivity contribution in [3.63, 3.8) is 0 Å². The second-order valence-electron chi connectivity index (χ2n) is 17.9. The van der Waals surface area contributed by atoms with Gasteiger partial charge in [-0.3, -0.25) is 0 Å². The fraction of sp³-hybridized carbons (Fsp3) is 0.222. The lowest BCUT2D eigenvalue weighted by atomic mass is 9.54. The summed E-state index contributed by atoms with van der Waals surface area (Å²) in [6, 6.07) is 55.3. The predicted molar refractivity (Wildman–Crippen MR) is 253 cm³/mol. The molecule has 8 aromatic rings. The van der Waals surface area contributed by atoms with Crippen LogP contribution in [0.2, 0.25) is 0 Å². The van der Waals surface area contributed by atoms with Crippen LogP contribution in [-0.2, 0) is 5.41 Å². The third kappa shape index (κ3) is 5.63. The third-order valence-electron chi connectivity index (χ3n) is 13.0. The summed E-state index contributed by atoms with van der Waals surface area (Å²) in [5.74, 6) is 1.52. The minimum atomic E-state index is -0.220. The zero-order valence-corrected chi connectivity index (χ0v) is 35.8. The Balaban J connectivity index is 1.18. The van der Waals surface area contributed by atoms with Crippen molar-refractivity contribution < 1.29 is 0 Å². The van der Waals surface area contributed by atoms with Crippen molar-refractivity contribution in [1.82, 2.24) is 4.57 Å². The molecule has 0 amide bonds. The second kappa shape index (κ2) is 13.8. The van der Waals surface area contributed by atoms with E-state index in [-0.39, 0.29) is 11.4 Å². The summed E-state index contributed by atoms with van der Waals surface area (Å²) in [7, 11) is 0. The maximum Gasteiger partial charge on any atom is 0.282 e. The number of para-hydroxylation sites is 3. The van der Waals surface area contributed by atoms with Crippen molar-refractivity contribution in [2.45, 2.75) is 83.5 Å². The van der Waals surface area contributed by atoms with Crippen molar-refractivity contribution in [2.24, 2.45) is 0 Å². The first kappa shape index (κ1) is 36.9. The van der Waals surface area contributed by atoms with E-state index in [1.807, 2.05) is 11.6 Å². The van der Waals surface area contributed by atoms with Crippen LogP contribution in [0.1, 0.15) is 101 Å². The van der Waals surface area contributed by atoms with Gasteiger partial charge in [0.2, 0.25) is 0 Å². The Hall–Kier alpha value is -5.45. The quantitative estimate of drug-likeness (QED) is 0.156. The molecule has 0 N–H and O–H groups in total. The molecule has 2 aliphatic rings.